The molecular formula is C19H14ClNO. The minimum absolute atomic E-state index is 0.307. The van der Waals surface area contributed by atoms with Crippen LogP contribution in [-0.4, -0.2) is 5.91 Å². The van der Waals surface area contributed by atoms with Crippen LogP contribution in [0.1, 0.15) is 10.4 Å². The molecule has 22 heavy (non-hydrogen) atoms. The fourth-order valence-electron chi connectivity index (χ4n) is 2.57. The Balaban J connectivity index is 2.29. The number of benzene rings is 3. The van der Waals surface area contributed by atoms with Gasteiger partial charge in [-0.2, -0.15) is 0 Å². The van der Waals surface area contributed by atoms with Crippen LogP contribution in [0.2, 0.25) is 0 Å². The maximum atomic E-state index is 12.1. The molecule has 0 heterocycles. The molecule has 0 atom stereocenters. The van der Waals surface area contributed by atoms with Gasteiger partial charge in [0.1, 0.15) is 0 Å². The Morgan fingerprint density at radius 2 is 1.32 bits per heavy atom. The van der Waals surface area contributed by atoms with Crippen LogP contribution in [0.3, 0.4) is 0 Å². The minimum Gasteiger partial charge on any atom is -0.268 e. The summed E-state index contributed by atoms with van der Waals surface area (Å²) in [6.07, 6.45) is 0. The average Bonchev–Trinajstić information content (AvgIpc) is 2.62. The molecule has 0 aliphatic carbocycles. The van der Waals surface area contributed by atoms with Gasteiger partial charge in [-0.1, -0.05) is 72.8 Å². The topological polar surface area (TPSA) is 29.1 Å². The van der Waals surface area contributed by atoms with E-state index in [2.05, 4.69) is 4.84 Å². The van der Waals surface area contributed by atoms with Gasteiger partial charge in [0.05, 0.1) is 0 Å². The molecule has 3 rings (SSSR count). The van der Waals surface area contributed by atoms with Gasteiger partial charge < -0.3 is 0 Å². The first-order chi connectivity index (χ1) is 10.8. The summed E-state index contributed by atoms with van der Waals surface area (Å²) < 4.78 is 0. The van der Waals surface area contributed by atoms with Crippen LogP contribution in [0, 0.1) is 0 Å². The van der Waals surface area contributed by atoms with Gasteiger partial charge in [0.15, 0.2) is 0 Å². The molecule has 0 fully saturated rings. The first-order valence-electron chi connectivity index (χ1n) is 6.96. The molecule has 3 aromatic rings. The van der Waals surface area contributed by atoms with Gasteiger partial charge in [0, 0.05) is 22.9 Å². The molecule has 0 aliphatic heterocycles. The van der Waals surface area contributed by atoms with Gasteiger partial charge >= 0.3 is 0 Å². The second kappa shape index (κ2) is 6.46. The zero-order chi connectivity index (χ0) is 15.4. The average molecular weight is 308 g/mol. The lowest BCUT2D eigenvalue weighted by atomic mass is 9.90. The van der Waals surface area contributed by atoms with Gasteiger partial charge in [-0.05, 0) is 22.8 Å². The van der Waals surface area contributed by atoms with E-state index in [1.54, 1.807) is 6.07 Å². The summed E-state index contributed by atoms with van der Waals surface area (Å²) in [4.78, 5) is 14.4. The van der Waals surface area contributed by atoms with Gasteiger partial charge in [0.2, 0.25) is 0 Å². The first kappa shape index (κ1) is 14.4. The maximum absolute atomic E-state index is 12.1. The highest BCUT2D eigenvalue weighted by Gasteiger charge is 2.16. The second-order valence-electron chi connectivity index (χ2n) is 4.88. The third kappa shape index (κ3) is 2.74. The van der Waals surface area contributed by atoms with Crippen LogP contribution in [0.5, 0.6) is 0 Å². The molecule has 0 saturated heterocycles. The molecular weight excluding hydrogens is 294 g/mol. The van der Waals surface area contributed by atoms with Crippen LogP contribution in [0.4, 0.5) is 0 Å². The fourth-order valence-corrected chi connectivity index (χ4v) is 2.67. The van der Waals surface area contributed by atoms with Crippen molar-refractivity contribution in [3.05, 3.63) is 84.4 Å². The largest absolute Gasteiger partial charge is 0.268 e. The highest BCUT2D eigenvalue weighted by atomic mass is 35.5. The third-order valence-corrected chi connectivity index (χ3v) is 3.71. The van der Waals surface area contributed by atoms with Crippen molar-refractivity contribution < 1.29 is 4.79 Å². The Kier molecular flexibility index (Phi) is 4.22. The molecule has 3 aromatic carbocycles. The Morgan fingerprint density at radius 3 is 1.91 bits per heavy atom. The van der Waals surface area contributed by atoms with Crippen molar-refractivity contribution in [2.75, 3.05) is 0 Å². The van der Waals surface area contributed by atoms with Crippen molar-refractivity contribution in [3.63, 3.8) is 0 Å². The minimum atomic E-state index is -0.307. The van der Waals surface area contributed by atoms with E-state index in [1.807, 2.05) is 72.8 Å². The highest BCUT2D eigenvalue weighted by molar-refractivity contribution is 6.25. The number of amides is 1. The summed E-state index contributed by atoms with van der Waals surface area (Å²) in [6.45, 7) is 0. The molecule has 108 valence electrons. The van der Waals surface area contributed by atoms with Gasteiger partial charge in [-0.3, -0.25) is 9.63 Å². The molecule has 0 saturated carbocycles. The quantitative estimate of drug-likeness (QED) is 0.685. The summed E-state index contributed by atoms with van der Waals surface area (Å²) in [5.41, 5.74) is 4.49. The Labute approximate surface area is 134 Å². The van der Waals surface area contributed by atoms with Gasteiger partial charge in [-0.25, -0.2) is 0 Å². The number of rotatable bonds is 3. The lowest BCUT2D eigenvalue weighted by Gasteiger charge is -2.14. The van der Waals surface area contributed by atoms with Crippen LogP contribution in [0.15, 0.2) is 78.9 Å². The van der Waals surface area contributed by atoms with Crippen LogP contribution < -0.4 is 4.84 Å². The van der Waals surface area contributed by atoms with Crippen molar-refractivity contribution in [2.45, 2.75) is 0 Å². The maximum Gasteiger partial charge on any atom is 0.266 e. The van der Waals surface area contributed by atoms with E-state index in [0.29, 0.717) is 5.56 Å². The molecule has 1 amide bonds. The first-order valence-corrected chi connectivity index (χ1v) is 7.34. The molecule has 1 N–H and O–H groups in total. The zero-order valence-corrected chi connectivity index (χ0v) is 12.5. The van der Waals surface area contributed by atoms with Gasteiger partial charge in [-0.15, -0.1) is 0 Å². The molecule has 0 aliphatic rings. The number of carbonyl (C=O) groups excluding carboxylic acids is 1. The number of carbonyl (C=O) groups is 1. The number of hydrogen-bond donors (Lipinski definition) is 1. The summed E-state index contributed by atoms with van der Waals surface area (Å²) in [6, 6.07) is 25.5. The summed E-state index contributed by atoms with van der Waals surface area (Å²) in [5.74, 6) is -0.307. The smallest absolute Gasteiger partial charge is 0.266 e. The van der Waals surface area contributed by atoms with Crippen molar-refractivity contribution in [2.24, 2.45) is 0 Å². The summed E-state index contributed by atoms with van der Waals surface area (Å²) >= 11 is 5.54. The predicted molar refractivity (Wildman–Crippen MR) is 90.6 cm³/mol. The Morgan fingerprint density at radius 1 is 0.727 bits per heavy atom. The van der Waals surface area contributed by atoms with E-state index in [0.717, 1.165) is 22.3 Å². The standard InChI is InChI=1S/C19H14ClNO/c20-21-19(22)17-13-7-12-16(14-8-3-1-4-9-14)18(17)15-10-5-2-6-11-15/h1-13H,(H,21,22). The summed E-state index contributed by atoms with van der Waals surface area (Å²) in [5, 5.41) is 0. The lowest BCUT2D eigenvalue weighted by Crippen LogP contribution is -2.14. The van der Waals surface area contributed by atoms with Gasteiger partial charge in [0.25, 0.3) is 5.91 Å². The number of nitrogens with one attached hydrogen (secondary N) is 1. The van der Waals surface area contributed by atoms with E-state index in [-0.39, 0.29) is 5.91 Å². The number of hydrogen-bond acceptors (Lipinski definition) is 1. The third-order valence-electron chi connectivity index (χ3n) is 3.54. The van der Waals surface area contributed by atoms with E-state index < -0.39 is 0 Å². The molecule has 3 heteroatoms. The lowest BCUT2D eigenvalue weighted by molar-refractivity contribution is 0.0982. The molecule has 2 nitrogen and oxygen atoms in total. The van der Waals surface area contributed by atoms with Crippen LogP contribution in [0.25, 0.3) is 22.3 Å². The van der Waals surface area contributed by atoms with E-state index in [9.17, 15) is 4.79 Å². The normalized spacial score (nSPS) is 10.2. The molecule has 0 radical (unpaired) electrons. The molecule has 0 unspecified atom stereocenters. The Hall–Kier alpha value is -2.58. The fraction of sp³-hybridized carbons (Fsp3) is 0. The van der Waals surface area contributed by atoms with Crippen molar-refractivity contribution in [1.29, 1.82) is 0 Å². The number of halogens is 1. The molecule has 0 bridgehead atoms. The van der Waals surface area contributed by atoms with Crippen LogP contribution >= 0.6 is 11.8 Å². The summed E-state index contributed by atoms with van der Waals surface area (Å²) in [7, 11) is 0. The van der Waals surface area contributed by atoms with E-state index >= 15 is 0 Å². The van der Waals surface area contributed by atoms with Crippen molar-refractivity contribution in [1.82, 2.24) is 4.84 Å². The predicted octanol–water partition coefficient (Wildman–Crippen LogP) is 4.90. The molecule has 0 aromatic heterocycles. The monoisotopic (exact) mass is 307 g/mol. The van der Waals surface area contributed by atoms with Crippen molar-refractivity contribution >= 4 is 17.7 Å². The second-order valence-corrected chi connectivity index (χ2v) is 5.07. The van der Waals surface area contributed by atoms with E-state index in [1.165, 1.54) is 0 Å². The van der Waals surface area contributed by atoms with Crippen molar-refractivity contribution in [3.8, 4) is 22.3 Å². The zero-order valence-electron chi connectivity index (χ0n) is 11.8. The SMILES string of the molecule is O=C(NCl)c1cccc(-c2ccccc2)c1-c1ccccc1. The highest BCUT2D eigenvalue weighted by Crippen LogP contribution is 2.34. The molecule has 0 spiro atoms. The van der Waals surface area contributed by atoms with Crippen LogP contribution in [-0.2, 0) is 0 Å². The van der Waals surface area contributed by atoms with E-state index in [4.69, 9.17) is 11.8 Å². The Bertz CT molecular complexity index is 785.